The summed E-state index contributed by atoms with van der Waals surface area (Å²) in [5, 5.41) is 8.04. The lowest BCUT2D eigenvalue weighted by molar-refractivity contribution is 0.390. The minimum absolute atomic E-state index is 0.639. The first-order valence-corrected chi connectivity index (χ1v) is 8.35. The van der Waals surface area contributed by atoms with Gasteiger partial charge in [-0.3, -0.25) is 9.67 Å². The van der Waals surface area contributed by atoms with Crippen LogP contribution in [0, 0.1) is 10.7 Å². The SMILES string of the molecule is CCCCC(CC)Cn1c(-c2ccc(Cl)cc2)n[nH]c1=S. The van der Waals surface area contributed by atoms with Gasteiger partial charge in [-0.1, -0.05) is 44.7 Å². The molecule has 2 rings (SSSR count). The lowest BCUT2D eigenvalue weighted by Crippen LogP contribution is -2.11. The molecule has 0 amide bonds. The average Bonchev–Trinajstić information content (AvgIpc) is 2.85. The standard InChI is InChI=1S/C16H22ClN3S/c1-3-5-6-12(4-2)11-20-15(18-19-16(20)21)13-7-9-14(17)10-8-13/h7-10,12H,3-6,11H2,1-2H3,(H,19,21). The van der Waals surface area contributed by atoms with Gasteiger partial charge in [0.15, 0.2) is 10.6 Å². The normalized spacial score (nSPS) is 12.5. The number of hydrogen-bond acceptors (Lipinski definition) is 2. The summed E-state index contributed by atoms with van der Waals surface area (Å²) < 4.78 is 2.80. The number of benzene rings is 1. The summed E-state index contributed by atoms with van der Waals surface area (Å²) in [6.45, 7) is 5.39. The summed E-state index contributed by atoms with van der Waals surface area (Å²) in [5.41, 5.74) is 1.04. The van der Waals surface area contributed by atoms with Crippen LogP contribution in [0.1, 0.15) is 39.5 Å². The first-order chi connectivity index (χ1) is 10.2. The van der Waals surface area contributed by atoms with Crippen molar-refractivity contribution < 1.29 is 0 Å². The Kier molecular flexibility index (Phi) is 6.00. The van der Waals surface area contributed by atoms with Crippen LogP contribution in [0.3, 0.4) is 0 Å². The molecule has 2 aromatic rings. The van der Waals surface area contributed by atoms with E-state index in [0.29, 0.717) is 10.7 Å². The maximum absolute atomic E-state index is 5.95. The van der Waals surface area contributed by atoms with Gasteiger partial charge in [-0.2, -0.15) is 5.10 Å². The third-order valence-corrected chi connectivity index (χ3v) is 4.41. The Balaban J connectivity index is 2.25. The number of rotatable bonds is 7. The van der Waals surface area contributed by atoms with Gasteiger partial charge >= 0.3 is 0 Å². The van der Waals surface area contributed by atoms with E-state index in [4.69, 9.17) is 23.8 Å². The third-order valence-electron chi connectivity index (χ3n) is 3.84. The lowest BCUT2D eigenvalue weighted by Gasteiger charge is -2.16. The number of nitrogens with one attached hydrogen (secondary N) is 1. The zero-order valence-corrected chi connectivity index (χ0v) is 14.2. The number of hydrogen-bond donors (Lipinski definition) is 1. The monoisotopic (exact) mass is 323 g/mol. The zero-order chi connectivity index (χ0) is 15.2. The van der Waals surface area contributed by atoms with Crippen molar-refractivity contribution in [1.29, 1.82) is 0 Å². The molecule has 0 aliphatic carbocycles. The van der Waals surface area contributed by atoms with Crippen LogP contribution in [0.25, 0.3) is 11.4 Å². The predicted molar refractivity (Wildman–Crippen MR) is 91.2 cm³/mol. The molecule has 3 nitrogen and oxygen atoms in total. The fourth-order valence-corrected chi connectivity index (χ4v) is 2.81. The molecule has 0 fully saturated rings. The van der Waals surface area contributed by atoms with Gasteiger partial charge < -0.3 is 0 Å². The van der Waals surface area contributed by atoms with Crippen LogP contribution in [-0.2, 0) is 6.54 Å². The maximum atomic E-state index is 5.95. The highest BCUT2D eigenvalue weighted by atomic mass is 35.5. The molecule has 1 N–H and O–H groups in total. The number of halogens is 1. The molecule has 0 aliphatic heterocycles. The zero-order valence-electron chi connectivity index (χ0n) is 12.6. The Morgan fingerprint density at radius 1 is 1.29 bits per heavy atom. The quantitative estimate of drug-likeness (QED) is 0.685. The second-order valence-electron chi connectivity index (χ2n) is 5.39. The summed E-state index contributed by atoms with van der Waals surface area (Å²) in [6, 6.07) is 7.73. The van der Waals surface area contributed by atoms with E-state index in [2.05, 4.69) is 28.6 Å². The number of nitrogens with zero attached hydrogens (tertiary/aromatic N) is 2. The highest BCUT2D eigenvalue weighted by molar-refractivity contribution is 7.71. The van der Waals surface area contributed by atoms with Gasteiger partial charge in [-0.05, 0) is 48.8 Å². The Morgan fingerprint density at radius 2 is 2.00 bits per heavy atom. The van der Waals surface area contributed by atoms with Crippen molar-refractivity contribution in [2.24, 2.45) is 5.92 Å². The Morgan fingerprint density at radius 3 is 2.62 bits per heavy atom. The largest absolute Gasteiger partial charge is 0.300 e. The molecule has 1 atom stereocenters. The number of H-pyrrole nitrogens is 1. The molecule has 0 saturated carbocycles. The van der Waals surface area contributed by atoms with Crippen molar-refractivity contribution in [2.75, 3.05) is 0 Å². The van der Waals surface area contributed by atoms with Crippen molar-refractivity contribution in [3.63, 3.8) is 0 Å². The van der Waals surface area contributed by atoms with Crippen LogP contribution in [0.4, 0.5) is 0 Å². The van der Waals surface area contributed by atoms with Gasteiger partial charge in [0.1, 0.15) is 0 Å². The van der Waals surface area contributed by atoms with Gasteiger partial charge in [-0.15, -0.1) is 0 Å². The molecule has 114 valence electrons. The molecule has 0 spiro atoms. The second kappa shape index (κ2) is 7.76. The van der Waals surface area contributed by atoms with Gasteiger partial charge in [0.05, 0.1) is 0 Å². The smallest absolute Gasteiger partial charge is 0.195 e. The molecule has 1 aromatic carbocycles. The van der Waals surface area contributed by atoms with Gasteiger partial charge in [-0.25, -0.2) is 0 Å². The van der Waals surface area contributed by atoms with Gasteiger partial charge in [0.25, 0.3) is 0 Å². The third kappa shape index (κ3) is 4.17. The van der Waals surface area contributed by atoms with Gasteiger partial charge in [0, 0.05) is 17.1 Å². The van der Waals surface area contributed by atoms with E-state index in [-0.39, 0.29) is 0 Å². The van der Waals surface area contributed by atoms with Crippen molar-refractivity contribution in [3.8, 4) is 11.4 Å². The van der Waals surface area contributed by atoms with Crippen molar-refractivity contribution in [2.45, 2.75) is 46.1 Å². The minimum Gasteiger partial charge on any atom is -0.300 e. The first kappa shape index (κ1) is 16.2. The Labute approximate surface area is 136 Å². The summed E-state index contributed by atoms with van der Waals surface area (Å²) in [7, 11) is 0. The Bertz CT molecular complexity index is 615. The van der Waals surface area contributed by atoms with E-state index in [1.165, 1.54) is 19.3 Å². The van der Waals surface area contributed by atoms with Crippen molar-refractivity contribution in [3.05, 3.63) is 34.1 Å². The van der Waals surface area contributed by atoms with E-state index in [9.17, 15) is 0 Å². The molecule has 1 unspecified atom stereocenters. The minimum atomic E-state index is 0.639. The molecule has 0 radical (unpaired) electrons. The van der Waals surface area contributed by atoms with Gasteiger partial charge in [0.2, 0.25) is 0 Å². The fraction of sp³-hybridized carbons (Fsp3) is 0.500. The molecule has 0 saturated heterocycles. The van der Waals surface area contributed by atoms with E-state index < -0.39 is 0 Å². The summed E-state index contributed by atoms with van der Waals surface area (Å²) >= 11 is 11.3. The van der Waals surface area contributed by atoms with Crippen LogP contribution in [0.2, 0.25) is 5.02 Å². The van der Waals surface area contributed by atoms with E-state index in [1.54, 1.807) is 0 Å². The Hall–Kier alpha value is -1.13. The predicted octanol–water partition coefficient (Wildman–Crippen LogP) is 5.48. The topological polar surface area (TPSA) is 33.6 Å². The highest BCUT2D eigenvalue weighted by Crippen LogP contribution is 2.23. The summed E-state index contributed by atoms with van der Waals surface area (Å²) in [6.07, 6.45) is 4.89. The molecule has 1 heterocycles. The maximum Gasteiger partial charge on any atom is 0.195 e. The molecule has 5 heteroatoms. The van der Waals surface area contributed by atoms with E-state index in [0.717, 1.165) is 29.4 Å². The van der Waals surface area contributed by atoms with Crippen LogP contribution < -0.4 is 0 Å². The molecular weight excluding hydrogens is 302 g/mol. The van der Waals surface area contributed by atoms with Crippen molar-refractivity contribution >= 4 is 23.8 Å². The summed E-state index contributed by atoms with van der Waals surface area (Å²) in [5.74, 6) is 1.53. The van der Waals surface area contributed by atoms with Crippen LogP contribution in [-0.4, -0.2) is 14.8 Å². The molecule has 0 bridgehead atoms. The number of aromatic amines is 1. The fourth-order valence-electron chi connectivity index (χ4n) is 2.48. The van der Waals surface area contributed by atoms with Crippen LogP contribution in [0.15, 0.2) is 24.3 Å². The number of aromatic nitrogens is 3. The number of unbranched alkanes of at least 4 members (excludes halogenated alkanes) is 1. The van der Waals surface area contributed by atoms with Crippen LogP contribution in [0.5, 0.6) is 0 Å². The molecular formula is C16H22ClN3S. The average molecular weight is 324 g/mol. The van der Waals surface area contributed by atoms with E-state index in [1.807, 2.05) is 24.3 Å². The highest BCUT2D eigenvalue weighted by Gasteiger charge is 2.13. The second-order valence-corrected chi connectivity index (χ2v) is 6.21. The lowest BCUT2D eigenvalue weighted by atomic mass is 9.99. The summed E-state index contributed by atoms with van der Waals surface area (Å²) in [4.78, 5) is 0. The molecule has 1 aromatic heterocycles. The van der Waals surface area contributed by atoms with Crippen LogP contribution >= 0.6 is 23.8 Å². The molecule has 21 heavy (non-hydrogen) atoms. The van der Waals surface area contributed by atoms with Crippen molar-refractivity contribution in [1.82, 2.24) is 14.8 Å². The first-order valence-electron chi connectivity index (χ1n) is 7.56. The van der Waals surface area contributed by atoms with E-state index >= 15 is 0 Å². The molecule has 0 aliphatic rings.